The quantitative estimate of drug-likeness (QED) is 0.0680. The Labute approximate surface area is 421 Å². The highest BCUT2D eigenvalue weighted by atomic mass is 16.6. The van der Waals surface area contributed by atoms with E-state index in [2.05, 4.69) is 25.6 Å². The van der Waals surface area contributed by atoms with E-state index in [9.17, 15) is 48.9 Å². The number of hydrogen-bond acceptors (Lipinski definition) is 15. The van der Waals surface area contributed by atoms with E-state index in [0.717, 1.165) is 4.90 Å². The summed E-state index contributed by atoms with van der Waals surface area (Å²) in [5, 5.41) is 38.1. The van der Waals surface area contributed by atoms with Crippen molar-refractivity contribution in [2.45, 2.75) is 72.0 Å². The third-order valence-electron chi connectivity index (χ3n) is 11.2. The molecule has 73 heavy (non-hydrogen) atoms. The van der Waals surface area contributed by atoms with Gasteiger partial charge in [-0.2, -0.15) is 0 Å². The fourth-order valence-electron chi connectivity index (χ4n) is 7.93. The Hall–Kier alpha value is -8.42. The monoisotopic (exact) mass is 1000 g/mol. The number of pyridine rings is 3. The van der Waals surface area contributed by atoms with Crippen molar-refractivity contribution in [2.24, 2.45) is 0 Å². The lowest BCUT2D eigenvalue weighted by Gasteiger charge is -2.26. The van der Waals surface area contributed by atoms with Crippen molar-refractivity contribution in [3.05, 3.63) is 108 Å². The molecular formula is C53H60N8O12. The number of carbonyl (C=O) groups excluding carboxylic acids is 7. The summed E-state index contributed by atoms with van der Waals surface area (Å²) in [5.41, 5.74) is 0.660. The van der Waals surface area contributed by atoms with Gasteiger partial charge < -0.3 is 50.1 Å². The van der Waals surface area contributed by atoms with Gasteiger partial charge in [-0.1, -0.05) is 36.4 Å². The molecule has 0 bridgehead atoms. The molecule has 0 aliphatic heterocycles. The first-order valence-electron chi connectivity index (χ1n) is 23.5. The highest BCUT2D eigenvalue weighted by Crippen LogP contribution is 2.29. The number of nitrogens with zero attached hydrogens (tertiary/aromatic N) is 6. The van der Waals surface area contributed by atoms with Crippen LogP contribution in [-0.4, -0.2) is 150 Å². The fourth-order valence-corrected chi connectivity index (χ4v) is 7.93. The number of fused-ring (bicyclic) bond motifs is 3. The number of phenols is 3. The smallest absolute Gasteiger partial charge is 0.326 e. The lowest BCUT2D eigenvalue weighted by Crippen LogP contribution is -2.49. The van der Waals surface area contributed by atoms with E-state index < -0.39 is 78.9 Å². The minimum absolute atomic E-state index is 0.0672. The van der Waals surface area contributed by atoms with Gasteiger partial charge >= 0.3 is 11.9 Å². The van der Waals surface area contributed by atoms with E-state index in [0.29, 0.717) is 43.9 Å². The van der Waals surface area contributed by atoms with Crippen LogP contribution in [0.2, 0.25) is 0 Å². The van der Waals surface area contributed by atoms with Gasteiger partial charge in [0.25, 0.3) is 0 Å². The number of ether oxygens (including phenoxy) is 2. The Morgan fingerprint density at radius 2 is 0.781 bits per heavy atom. The van der Waals surface area contributed by atoms with Crippen LogP contribution in [0.15, 0.2) is 91.4 Å². The lowest BCUT2D eigenvalue weighted by molar-refractivity contribution is -0.159. The molecule has 0 spiro atoms. The molecule has 0 atom stereocenters. The van der Waals surface area contributed by atoms with Gasteiger partial charge in [-0.3, -0.25) is 48.5 Å². The fraction of sp³-hybridized carbons (Fsp3) is 0.358. The van der Waals surface area contributed by atoms with Crippen molar-refractivity contribution in [2.75, 3.05) is 52.4 Å². The minimum Gasteiger partial charge on any atom is -0.506 e. The van der Waals surface area contributed by atoms with Gasteiger partial charge in [0.15, 0.2) is 0 Å². The van der Waals surface area contributed by atoms with Crippen molar-refractivity contribution in [3.8, 4) is 17.2 Å². The molecule has 6 rings (SSSR count). The van der Waals surface area contributed by atoms with Crippen LogP contribution in [-0.2, 0) is 62.3 Å². The van der Waals surface area contributed by atoms with E-state index in [1.807, 2.05) is 0 Å². The third kappa shape index (κ3) is 15.3. The van der Waals surface area contributed by atoms with Crippen molar-refractivity contribution >= 4 is 74.2 Å². The average molecular weight is 1000 g/mol. The van der Waals surface area contributed by atoms with E-state index in [1.165, 1.54) is 52.7 Å². The van der Waals surface area contributed by atoms with Gasteiger partial charge in [0.2, 0.25) is 29.5 Å². The molecule has 5 N–H and O–H groups in total. The maximum absolute atomic E-state index is 14.1. The predicted octanol–water partition coefficient (Wildman–Crippen LogP) is 3.88. The molecule has 20 heteroatoms. The number of esters is 2. The highest BCUT2D eigenvalue weighted by Gasteiger charge is 2.27. The number of aromatic hydroxyl groups is 3. The van der Waals surface area contributed by atoms with E-state index in [-0.39, 0.29) is 68.2 Å². The predicted molar refractivity (Wildman–Crippen MR) is 269 cm³/mol. The van der Waals surface area contributed by atoms with Crippen LogP contribution in [0.25, 0.3) is 32.7 Å². The maximum Gasteiger partial charge on any atom is 0.326 e. The van der Waals surface area contributed by atoms with Crippen LogP contribution >= 0.6 is 0 Å². The molecule has 0 fully saturated rings. The second-order valence-corrected chi connectivity index (χ2v) is 19.2. The molecule has 3 aromatic carbocycles. The van der Waals surface area contributed by atoms with Crippen molar-refractivity contribution < 1.29 is 58.4 Å². The largest absolute Gasteiger partial charge is 0.506 e. The summed E-state index contributed by atoms with van der Waals surface area (Å²) >= 11 is 0. The number of nitrogens with one attached hydrogen (secondary N) is 2. The molecule has 0 aliphatic rings. The first-order chi connectivity index (χ1) is 34.5. The molecule has 5 amide bonds. The molecule has 3 aromatic heterocycles. The number of carbonyl (C=O) groups is 7. The first kappa shape index (κ1) is 53.9. The van der Waals surface area contributed by atoms with Gasteiger partial charge in [-0.15, -0.1) is 0 Å². The molecule has 0 saturated heterocycles. The molecule has 0 radical (unpaired) electrons. The second-order valence-electron chi connectivity index (χ2n) is 19.2. The normalized spacial score (nSPS) is 11.5. The van der Waals surface area contributed by atoms with Crippen molar-refractivity contribution in [1.29, 1.82) is 0 Å². The minimum atomic E-state index is -0.858. The van der Waals surface area contributed by atoms with Crippen molar-refractivity contribution in [1.82, 2.24) is 40.3 Å². The van der Waals surface area contributed by atoms with E-state index in [4.69, 9.17) is 9.47 Å². The number of benzene rings is 3. The number of phenolic OH excluding ortho intramolecular Hbond substituents is 3. The Kier molecular flexibility index (Phi) is 17.5. The third-order valence-corrected chi connectivity index (χ3v) is 11.2. The average Bonchev–Trinajstić information content (AvgIpc) is 3.32. The highest BCUT2D eigenvalue weighted by molar-refractivity contribution is 5.96. The van der Waals surface area contributed by atoms with E-state index in [1.54, 1.807) is 90.1 Å². The van der Waals surface area contributed by atoms with Crippen LogP contribution in [0.3, 0.4) is 0 Å². The number of hydrogen-bond donors (Lipinski definition) is 5. The summed E-state index contributed by atoms with van der Waals surface area (Å²) in [6.45, 7) is 7.31. The summed E-state index contributed by atoms with van der Waals surface area (Å²) in [6, 6.07) is 19.0. The Balaban J connectivity index is 1.16. The Morgan fingerprint density at radius 1 is 0.466 bits per heavy atom. The van der Waals surface area contributed by atoms with Gasteiger partial charge in [-0.05, 0) is 94.6 Å². The van der Waals surface area contributed by atoms with Crippen molar-refractivity contribution in [3.63, 3.8) is 0 Å². The Morgan fingerprint density at radius 3 is 1.10 bits per heavy atom. The molecule has 3 heterocycles. The summed E-state index contributed by atoms with van der Waals surface area (Å²) < 4.78 is 11.0. The zero-order valence-corrected chi connectivity index (χ0v) is 41.6. The molecular weight excluding hydrogens is 941 g/mol. The van der Waals surface area contributed by atoms with E-state index >= 15 is 0 Å². The standard InChI is InChI=1S/C53H60N8O12/c1-52(2,3)72-47(70)31-59(44(67)26-33-13-16-39(62)49-36(33)10-7-19-56-49)24-22-54-42(65)29-61(46(69)28-35-15-18-41(64)51-38(35)12-9-21-58-51)30-43(66)55-23-25-60(32-48(71)73-53(4,5)6)45(68)27-34-14-17-40(63)50-37(34)11-8-20-57-50/h7-21,62-64H,22-32H2,1-6H3,(H,54,65)(H,55,66). The van der Waals surface area contributed by atoms with Gasteiger partial charge in [0, 0.05) is 60.9 Å². The second kappa shape index (κ2) is 23.7. The van der Waals surface area contributed by atoms with Crippen LogP contribution in [0.4, 0.5) is 0 Å². The Bertz CT molecular complexity index is 2890. The van der Waals surface area contributed by atoms with Crippen LogP contribution in [0, 0.1) is 0 Å². The molecule has 384 valence electrons. The molecule has 6 aromatic rings. The van der Waals surface area contributed by atoms with Gasteiger partial charge in [-0.25, -0.2) is 0 Å². The SMILES string of the molecule is CC(C)(C)OC(=O)CN(CCNC(=O)CN(CC(=O)NCCN(CC(=O)OC(C)(C)C)C(=O)Cc1ccc(O)c2ncccc12)C(=O)Cc1ccc(O)c2ncccc12)C(=O)Cc1ccc(O)c2ncccc12. The summed E-state index contributed by atoms with van der Waals surface area (Å²) in [4.78, 5) is 111. The summed E-state index contributed by atoms with van der Waals surface area (Å²) in [6.07, 6.45) is 3.84. The summed E-state index contributed by atoms with van der Waals surface area (Å²) in [7, 11) is 0. The number of rotatable bonds is 20. The zero-order chi connectivity index (χ0) is 53.0. The molecule has 0 saturated carbocycles. The molecule has 0 aliphatic carbocycles. The molecule has 20 nitrogen and oxygen atoms in total. The van der Waals surface area contributed by atoms with Gasteiger partial charge in [0.1, 0.15) is 71.2 Å². The van der Waals surface area contributed by atoms with Crippen LogP contribution < -0.4 is 10.6 Å². The molecule has 0 unspecified atom stereocenters. The lowest BCUT2D eigenvalue weighted by atomic mass is 10.0. The first-order valence-corrected chi connectivity index (χ1v) is 23.5. The van der Waals surface area contributed by atoms with Crippen LogP contribution in [0.1, 0.15) is 58.2 Å². The van der Waals surface area contributed by atoms with Crippen LogP contribution in [0.5, 0.6) is 17.2 Å². The topological polar surface area (TPSA) is 271 Å². The summed E-state index contributed by atoms with van der Waals surface area (Å²) in [5.74, 6) is -4.65. The maximum atomic E-state index is 14.1. The van der Waals surface area contributed by atoms with Gasteiger partial charge in [0.05, 0.1) is 19.3 Å². The number of amides is 5. The number of aromatic nitrogens is 3. The zero-order valence-electron chi connectivity index (χ0n) is 41.6.